The Bertz CT molecular complexity index is 510. The average molecular weight is 465 g/mol. The van der Waals surface area contributed by atoms with Crippen LogP contribution in [0.25, 0.3) is 0 Å². The van der Waals surface area contributed by atoms with Crippen LogP contribution in [0.4, 0.5) is 4.39 Å². The molecule has 1 aliphatic carbocycles. The summed E-state index contributed by atoms with van der Waals surface area (Å²) >= 11 is 0. The van der Waals surface area contributed by atoms with Gasteiger partial charge in [0, 0.05) is 40.5 Å². The van der Waals surface area contributed by atoms with Gasteiger partial charge in [-0.1, -0.05) is 12.1 Å². The molecule has 0 amide bonds. The second-order valence-electron chi connectivity index (χ2n) is 6.03. The number of guanidine groups is 1. The van der Waals surface area contributed by atoms with Gasteiger partial charge in [-0.2, -0.15) is 0 Å². The van der Waals surface area contributed by atoms with E-state index < -0.39 is 0 Å². The number of hydrogen-bond acceptors (Lipinski definition) is 3. The van der Waals surface area contributed by atoms with E-state index in [2.05, 4.69) is 15.6 Å². The van der Waals surface area contributed by atoms with E-state index in [-0.39, 0.29) is 35.9 Å². The van der Waals surface area contributed by atoms with Crippen molar-refractivity contribution in [3.63, 3.8) is 0 Å². The van der Waals surface area contributed by atoms with Crippen LogP contribution in [-0.4, -0.2) is 46.4 Å². The molecule has 1 aromatic rings. The van der Waals surface area contributed by atoms with Gasteiger partial charge in [0.2, 0.25) is 0 Å². The lowest BCUT2D eigenvalue weighted by Crippen LogP contribution is -2.40. The number of methoxy groups -OCH3 is 1. The third-order valence-corrected chi connectivity index (χ3v) is 4.01. The van der Waals surface area contributed by atoms with Gasteiger partial charge in [0.15, 0.2) is 5.96 Å². The number of ether oxygens (including phenoxy) is 2. The number of hydrogen-bond donors (Lipinski definition) is 2. The number of benzene rings is 1. The average Bonchev–Trinajstić information content (AvgIpc) is 3.42. The quantitative estimate of drug-likeness (QED) is 0.241. The van der Waals surface area contributed by atoms with Crippen LogP contribution in [0.5, 0.6) is 0 Å². The van der Waals surface area contributed by atoms with Crippen molar-refractivity contribution < 1.29 is 13.9 Å². The summed E-state index contributed by atoms with van der Waals surface area (Å²) in [6, 6.07) is 6.35. The zero-order valence-electron chi connectivity index (χ0n) is 15.0. The highest BCUT2D eigenvalue weighted by atomic mass is 127. The summed E-state index contributed by atoms with van der Waals surface area (Å²) < 4.78 is 24.1. The Morgan fingerprint density at radius 2 is 2.00 bits per heavy atom. The first-order valence-corrected chi connectivity index (χ1v) is 8.53. The molecule has 0 spiro atoms. The maximum Gasteiger partial charge on any atom is 0.191 e. The predicted molar refractivity (Wildman–Crippen MR) is 109 cm³/mol. The molecule has 2 rings (SSSR count). The standard InChI is InChI=1S/C18H28FN3O2.HI/c1-20-18(21-10-3-11-24-13-14-4-5-14)22-12-17(23-2)15-6-8-16(19)9-7-15;/h6-9,14,17H,3-5,10-13H2,1-2H3,(H2,20,21,22);1H. The van der Waals surface area contributed by atoms with Crippen LogP contribution in [-0.2, 0) is 9.47 Å². The minimum absolute atomic E-state index is 0. The molecule has 1 fully saturated rings. The number of nitrogens with one attached hydrogen (secondary N) is 2. The Hall–Kier alpha value is -0.930. The van der Waals surface area contributed by atoms with Crippen LogP contribution < -0.4 is 10.6 Å². The van der Waals surface area contributed by atoms with E-state index in [1.165, 1.54) is 25.0 Å². The van der Waals surface area contributed by atoms with Crippen molar-refractivity contribution in [1.29, 1.82) is 0 Å². The van der Waals surface area contributed by atoms with Crippen molar-refractivity contribution in [3.8, 4) is 0 Å². The summed E-state index contributed by atoms with van der Waals surface area (Å²) in [6.07, 6.45) is 3.43. The molecular formula is C18H29FIN3O2. The molecule has 0 aromatic heterocycles. The van der Waals surface area contributed by atoms with Gasteiger partial charge < -0.3 is 20.1 Å². The van der Waals surface area contributed by atoms with Crippen molar-refractivity contribution in [2.24, 2.45) is 10.9 Å². The van der Waals surface area contributed by atoms with Gasteiger partial charge in [0.1, 0.15) is 5.82 Å². The van der Waals surface area contributed by atoms with Gasteiger partial charge in [-0.25, -0.2) is 4.39 Å². The minimum atomic E-state index is -0.247. The summed E-state index contributed by atoms with van der Waals surface area (Å²) in [6.45, 7) is 3.04. The van der Waals surface area contributed by atoms with E-state index >= 15 is 0 Å². The van der Waals surface area contributed by atoms with Crippen LogP contribution in [0, 0.1) is 11.7 Å². The molecule has 2 N–H and O–H groups in total. The first-order chi connectivity index (χ1) is 11.7. The van der Waals surface area contributed by atoms with Gasteiger partial charge >= 0.3 is 0 Å². The highest BCUT2D eigenvalue weighted by Gasteiger charge is 2.20. The van der Waals surface area contributed by atoms with Crippen LogP contribution >= 0.6 is 24.0 Å². The normalized spacial score (nSPS) is 15.4. The van der Waals surface area contributed by atoms with Crippen molar-refractivity contribution in [2.45, 2.75) is 25.4 Å². The summed E-state index contributed by atoms with van der Waals surface area (Å²) in [5, 5.41) is 6.49. The lowest BCUT2D eigenvalue weighted by Gasteiger charge is -2.18. The fourth-order valence-corrected chi connectivity index (χ4v) is 2.34. The molecule has 1 aliphatic rings. The van der Waals surface area contributed by atoms with Crippen molar-refractivity contribution >= 4 is 29.9 Å². The van der Waals surface area contributed by atoms with E-state index in [1.807, 2.05) is 0 Å². The molecule has 0 saturated heterocycles. The van der Waals surface area contributed by atoms with Crippen molar-refractivity contribution in [3.05, 3.63) is 35.6 Å². The molecule has 5 nitrogen and oxygen atoms in total. The Labute approximate surface area is 166 Å². The number of nitrogens with zero attached hydrogens (tertiary/aromatic N) is 1. The molecular weight excluding hydrogens is 436 g/mol. The molecule has 7 heteroatoms. The summed E-state index contributed by atoms with van der Waals surface area (Å²) in [5.74, 6) is 1.29. The van der Waals surface area contributed by atoms with Crippen LogP contribution in [0.3, 0.4) is 0 Å². The van der Waals surface area contributed by atoms with Crippen LogP contribution in [0.1, 0.15) is 30.9 Å². The van der Waals surface area contributed by atoms with Gasteiger partial charge in [-0.3, -0.25) is 4.99 Å². The fourth-order valence-electron chi connectivity index (χ4n) is 2.34. The molecule has 1 unspecified atom stereocenters. The van der Waals surface area contributed by atoms with Crippen LogP contribution in [0.15, 0.2) is 29.3 Å². The summed E-state index contributed by atoms with van der Waals surface area (Å²) in [4.78, 5) is 4.20. The molecule has 25 heavy (non-hydrogen) atoms. The topological polar surface area (TPSA) is 54.9 Å². The molecule has 0 aliphatic heterocycles. The van der Waals surface area contributed by atoms with Crippen LogP contribution in [0.2, 0.25) is 0 Å². The zero-order chi connectivity index (χ0) is 17.2. The van der Waals surface area contributed by atoms with Crippen molar-refractivity contribution in [2.75, 3.05) is 40.5 Å². The van der Waals surface area contributed by atoms with Crippen molar-refractivity contribution in [1.82, 2.24) is 10.6 Å². The van der Waals surface area contributed by atoms with Gasteiger partial charge in [-0.15, -0.1) is 24.0 Å². The molecule has 1 saturated carbocycles. The highest BCUT2D eigenvalue weighted by molar-refractivity contribution is 14.0. The molecule has 1 aromatic carbocycles. The summed E-state index contributed by atoms with van der Waals surface area (Å²) in [7, 11) is 3.38. The first kappa shape index (κ1) is 22.1. The largest absolute Gasteiger partial charge is 0.381 e. The molecule has 0 radical (unpaired) electrons. The van der Waals surface area contributed by atoms with Gasteiger partial charge in [0.05, 0.1) is 6.10 Å². The lowest BCUT2D eigenvalue weighted by molar-refractivity contribution is 0.106. The van der Waals surface area contributed by atoms with E-state index in [0.29, 0.717) is 6.54 Å². The Morgan fingerprint density at radius 1 is 1.28 bits per heavy atom. The predicted octanol–water partition coefficient (Wildman–Crippen LogP) is 3.11. The molecule has 0 bridgehead atoms. The minimum Gasteiger partial charge on any atom is -0.381 e. The number of rotatable bonds is 10. The Balaban J connectivity index is 0.00000312. The Kier molecular flexibility index (Phi) is 11.0. The first-order valence-electron chi connectivity index (χ1n) is 8.53. The zero-order valence-corrected chi connectivity index (χ0v) is 17.3. The monoisotopic (exact) mass is 465 g/mol. The third kappa shape index (κ3) is 8.82. The molecule has 1 atom stereocenters. The third-order valence-electron chi connectivity index (χ3n) is 4.01. The Morgan fingerprint density at radius 3 is 2.60 bits per heavy atom. The second-order valence-corrected chi connectivity index (χ2v) is 6.03. The second kappa shape index (κ2) is 12.4. The molecule has 142 valence electrons. The maximum atomic E-state index is 13.0. The van der Waals surface area contributed by atoms with E-state index in [1.54, 1.807) is 26.3 Å². The van der Waals surface area contributed by atoms with E-state index in [9.17, 15) is 4.39 Å². The van der Waals surface area contributed by atoms with E-state index in [0.717, 1.165) is 43.6 Å². The van der Waals surface area contributed by atoms with E-state index in [4.69, 9.17) is 9.47 Å². The van der Waals surface area contributed by atoms with Gasteiger partial charge in [0.25, 0.3) is 0 Å². The molecule has 0 heterocycles. The smallest absolute Gasteiger partial charge is 0.191 e. The fraction of sp³-hybridized carbons (Fsp3) is 0.611. The maximum absolute atomic E-state index is 13.0. The SMILES string of the molecule is CN=C(NCCCOCC1CC1)NCC(OC)c1ccc(F)cc1.I. The number of halogens is 2. The summed E-state index contributed by atoms with van der Waals surface area (Å²) in [5.41, 5.74) is 0.926. The highest BCUT2D eigenvalue weighted by Crippen LogP contribution is 2.28. The number of aliphatic imine (C=N–C) groups is 1. The van der Waals surface area contributed by atoms with Gasteiger partial charge in [-0.05, 0) is 42.9 Å². The lowest BCUT2D eigenvalue weighted by atomic mass is 10.1.